The maximum absolute atomic E-state index is 5.77. The van der Waals surface area contributed by atoms with Crippen LogP contribution in [0.4, 0.5) is 11.4 Å². The number of nitrogens with one attached hydrogen (secondary N) is 1. The predicted octanol–water partition coefficient (Wildman–Crippen LogP) is 1.24. The molecule has 4 nitrogen and oxygen atoms in total. The van der Waals surface area contributed by atoms with E-state index in [0.29, 0.717) is 17.2 Å². The van der Waals surface area contributed by atoms with Crippen LogP contribution in [0.25, 0.3) is 11.4 Å². The molecule has 0 spiro atoms. The maximum atomic E-state index is 5.77. The summed E-state index contributed by atoms with van der Waals surface area (Å²) in [6, 6.07) is 5.42. The molecule has 0 radical (unpaired) electrons. The van der Waals surface area contributed by atoms with Crippen LogP contribution in [0.3, 0.4) is 0 Å². The third-order valence-electron chi connectivity index (χ3n) is 1.86. The number of nitrogens with two attached hydrogens (primary N) is 2. The highest BCUT2D eigenvalue weighted by molar-refractivity contribution is 5.82. The zero-order chi connectivity index (χ0) is 9.26. The Morgan fingerprint density at radius 1 is 1.15 bits per heavy atom. The molecule has 1 heterocycles. The van der Waals surface area contributed by atoms with Gasteiger partial charge in [-0.15, -0.1) is 0 Å². The van der Waals surface area contributed by atoms with Crippen molar-refractivity contribution in [1.82, 2.24) is 9.97 Å². The quantitative estimate of drug-likeness (QED) is 0.569. The first-order valence-electron chi connectivity index (χ1n) is 3.93. The molecule has 0 amide bonds. The molecule has 1 aromatic heterocycles. The van der Waals surface area contributed by atoms with E-state index in [1.54, 1.807) is 24.5 Å². The van der Waals surface area contributed by atoms with Gasteiger partial charge in [-0.25, -0.2) is 4.98 Å². The summed E-state index contributed by atoms with van der Waals surface area (Å²) in [6.45, 7) is 0. The number of anilines is 2. The monoisotopic (exact) mass is 174 g/mol. The first-order chi connectivity index (χ1) is 6.29. The van der Waals surface area contributed by atoms with E-state index in [-0.39, 0.29) is 0 Å². The lowest BCUT2D eigenvalue weighted by Gasteiger charge is -2.05. The molecule has 66 valence electrons. The van der Waals surface area contributed by atoms with Crippen LogP contribution in [0.15, 0.2) is 30.6 Å². The fourth-order valence-corrected chi connectivity index (χ4v) is 1.26. The second-order valence-corrected chi connectivity index (χ2v) is 2.75. The third kappa shape index (κ3) is 1.22. The smallest absolute Gasteiger partial charge is 0.141 e. The van der Waals surface area contributed by atoms with Crippen LogP contribution in [0, 0.1) is 0 Å². The summed E-state index contributed by atoms with van der Waals surface area (Å²) in [5.74, 6) is 0.704. The lowest BCUT2D eigenvalue weighted by Crippen LogP contribution is -1.96. The van der Waals surface area contributed by atoms with Gasteiger partial charge in [-0.2, -0.15) is 0 Å². The molecule has 0 saturated heterocycles. The molecule has 0 unspecified atom stereocenters. The van der Waals surface area contributed by atoms with E-state index in [2.05, 4.69) is 9.97 Å². The molecule has 2 aromatic rings. The Kier molecular flexibility index (Phi) is 1.66. The minimum atomic E-state index is 0.634. The van der Waals surface area contributed by atoms with Gasteiger partial charge in [-0.05, 0) is 12.1 Å². The average Bonchev–Trinajstić information content (AvgIpc) is 2.57. The number of hydrogen-bond donors (Lipinski definition) is 3. The van der Waals surface area contributed by atoms with Crippen LogP contribution in [0.2, 0.25) is 0 Å². The number of nitrogen functional groups attached to an aromatic ring is 2. The number of hydrogen-bond acceptors (Lipinski definition) is 3. The Morgan fingerprint density at radius 2 is 1.85 bits per heavy atom. The first kappa shape index (κ1) is 7.67. The molecule has 0 fully saturated rings. The van der Waals surface area contributed by atoms with Crippen molar-refractivity contribution in [2.45, 2.75) is 0 Å². The Balaban J connectivity index is 2.64. The van der Waals surface area contributed by atoms with Crippen LogP contribution in [-0.2, 0) is 0 Å². The molecule has 13 heavy (non-hydrogen) atoms. The fraction of sp³-hybridized carbons (Fsp3) is 0. The lowest BCUT2D eigenvalue weighted by atomic mass is 10.1. The van der Waals surface area contributed by atoms with Crippen molar-refractivity contribution < 1.29 is 0 Å². The van der Waals surface area contributed by atoms with Crippen molar-refractivity contribution in [3.63, 3.8) is 0 Å². The van der Waals surface area contributed by atoms with E-state index >= 15 is 0 Å². The Bertz CT molecular complexity index is 385. The summed E-state index contributed by atoms with van der Waals surface area (Å²) in [5, 5.41) is 0. The van der Waals surface area contributed by atoms with E-state index in [4.69, 9.17) is 11.5 Å². The van der Waals surface area contributed by atoms with Crippen molar-refractivity contribution >= 4 is 11.4 Å². The summed E-state index contributed by atoms with van der Waals surface area (Å²) in [6.07, 6.45) is 3.41. The minimum absolute atomic E-state index is 0.634. The molecule has 0 aliphatic rings. The standard InChI is InChI=1S/C9H10N4/c10-6-2-1-3-7(11)8(6)9-12-4-5-13-9/h1-5H,10-11H2,(H,12,13). The second kappa shape index (κ2) is 2.82. The Labute approximate surface area is 75.6 Å². The van der Waals surface area contributed by atoms with Crippen LogP contribution in [0.5, 0.6) is 0 Å². The topological polar surface area (TPSA) is 80.7 Å². The van der Waals surface area contributed by atoms with Gasteiger partial charge in [0.25, 0.3) is 0 Å². The molecule has 0 bridgehead atoms. The van der Waals surface area contributed by atoms with Gasteiger partial charge < -0.3 is 16.5 Å². The van der Waals surface area contributed by atoms with E-state index in [0.717, 1.165) is 5.56 Å². The number of aromatic amines is 1. The summed E-state index contributed by atoms with van der Waals surface area (Å²) in [7, 11) is 0. The van der Waals surface area contributed by atoms with Gasteiger partial charge in [0.15, 0.2) is 0 Å². The molecule has 5 N–H and O–H groups in total. The van der Waals surface area contributed by atoms with Crippen LogP contribution in [0.1, 0.15) is 0 Å². The fourth-order valence-electron chi connectivity index (χ4n) is 1.26. The van der Waals surface area contributed by atoms with Gasteiger partial charge in [0.2, 0.25) is 0 Å². The zero-order valence-electron chi connectivity index (χ0n) is 6.99. The summed E-state index contributed by atoms with van der Waals surface area (Å²) in [5.41, 5.74) is 13.6. The van der Waals surface area contributed by atoms with E-state index in [1.807, 2.05) is 6.07 Å². The molecule has 0 aliphatic carbocycles. The van der Waals surface area contributed by atoms with E-state index in [9.17, 15) is 0 Å². The highest BCUT2D eigenvalue weighted by Gasteiger charge is 2.07. The molecule has 0 aliphatic heterocycles. The minimum Gasteiger partial charge on any atom is -0.398 e. The normalized spacial score (nSPS) is 10.2. The molecular weight excluding hydrogens is 164 g/mol. The Hall–Kier alpha value is -1.97. The van der Waals surface area contributed by atoms with Crippen molar-refractivity contribution in [2.24, 2.45) is 0 Å². The van der Waals surface area contributed by atoms with Gasteiger partial charge in [0.1, 0.15) is 5.82 Å². The van der Waals surface area contributed by atoms with Crippen molar-refractivity contribution in [1.29, 1.82) is 0 Å². The van der Waals surface area contributed by atoms with E-state index in [1.165, 1.54) is 0 Å². The number of nitrogens with zero attached hydrogens (tertiary/aromatic N) is 1. The number of rotatable bonds is 1. The van der Waals surface area contributed by atoms with Gasteiger partial charge in [-0.3, -0.25) is 0 Å². The number of H-pyrrole nitrogens is 1. The predicted molar refractivity (Wildman–Crippen MR) is 52.8 cm³/mol. The molecule has 0 saturated carbocycles. The van der Waals surface area contributed by atoms with Crippen molar-refractivity contribution in [3.8, 4) is 11.4 Å². The average molecular weight is 174 g/mol. The molecule has 4 heteroatoms. The van der Waals surface area contributed by atoms with Crippen molar-refractivity contribution in [2.75, 3.05) is 11.5 Å². The van der Waals surface area contributed by atoms with Gasteiger partial charge in [-0.1, -0.05) is 6.07 Å². The van der Waals surface area contributed by atoms with Gasteiger partial charge in [0.05, 0.1) is 5.56 Å². The molecular formula is C9H10N4. The van der Waals surface area contributed by atoms with E-state index < -0.39 is 0 Å². The lowest BCUT2D eigenvalue weighted by molar-refractivity contribution is 1.31. The number of imidazole rings is 1. The highest BCUT2D eigenvalue weighted by atomic mass is 14.9. The SMILES string of the molecule is Nc1cccc(N)c1-c1ncc[nH]1. The molecule has 0 atom stereocenters. The summed E-state index contributed by atoms with van der Waals surface area (Å²) >= 11 is 0. The first-order valence-corrected chi connectivity index (χ1v) is 3.93. The van der Waals surface area contributed by atoms with Gasteiger partial charge in [0, 0.05) is 23.8 Å². The van der Waals surface area contributed by atoms with Crippen LogP contribution < -0.4 is 11.5 Å². The molecule has 1 aromatic carbocycles. The zero-order valence-corrected chi connectivity index (χ0v) is 6.99. The van der Waals surface area contributed by atoms with Crippen LogP contribution >= 0.6 is 0 Å². The summed E-state index contributed by atoms with van der Waals surface area (Å²) < 4.78 is 0. The third-order valence-corrected chi connectivity index (χ3v) is 1.86. The van der Waals surface area contributed by atoms with Gasteiger partial charge >= 0.3 is 0 Å². The van der Waals surface area contributed by atoms with Crippen molar-refractivity contribution in [3.05, 3.63) is 30.6 Å². The highest BCUT2D eigenvalue weighted by Crippen LogP contribution is 2.28. The number of benzene rings is 1. The molecule has 2 rings (SSSR count). The number of aromatic nitrogens is 2. The largest absolute Gasteiger partial charge is 0.398 e. The second-order valence-electron chi connectivity index (χ2n) is 2.75. The Morgan fingerprint density at radius 3 is 2.38 bits per heavy atom. The van der Waals surface area contributed by atoms with Crippen LogP contribution in [-0.4, -0.2) is 9.97 Å². The maximum Gasteiger partial charge on any atom is 0.141 e. The summed E-state index contributed by atoms with van der Waals surface area (Å²) in [4.78, 5) is 7.06.